The first kappa shape index (κ1) is 25.7. The largest absolute Gasteiger partial charge is 0.481 e. The molecule has 4 aliphatic rings. The smallest absolute Gasteiger partial charge is 0.306 e. The Morgan fingerprint density at radius 2 is 1.95 bits per heavy atom. The van der Waals surface area contributed by atoms with Crippen molar-refractivity contribution in [2.75, 3.05) is 38.2 Å². The summed E-state index contributed by atoms with van der Waals surface area (Å²) in [5.41, 5.74) is 3.89. The summed E-state index contributed by atoms with van der Waals surface area (Å²) in [6, 6.07) is 1.84. The highest BCUT2D eigenvalue weighted by atomic mass is 16.5. The van der Waals surface area contributed by atoms with Gasteiger partial charge in [-0.1, -0.05) is 12.2 Å². The lowest BCUT2D eigenvalue weighted by molar-refractivity contribution is -0.148. The van der Waals surface area contributed by atoms with E-state index in [1.165, 1.54) is 4.68 Å². The molecule has 0 spiro atoms. The summed E-state index contributed by atoms with van der Waals surface area (Å²) in [5.74, 6) is -1.17. The van der Waals surface area contributed by atoms with Gasteiger partial charge in [-0.15, -0.1) is 0 Å². The van der Waals surface area contributed by atoms with E-state index < -0.39 is 11.9 Å². The van der Waals surface area contributed by atoms with E-state index in [1.54, 1.807) is 13.3 Å². The molecule has 2 aromatic heterocycles. The van der Waals surface area contributed by atoms with Gasteiger partial charge in [-0.2, -0.15) is 5.10 Å². The number of rotatable bonds is 6. The van der Waals surface area contributed by atoms with Crippen LogP contribution >= 0.6 is 0 Å². The Kier molecular flexibility index (Phi) is 6.74. The van der Waals surface area contributed by atoms with Gasteiger partial charge in [0.2, 0.25) is 5.91 Å². The van der Waals surface area contributed by atoms with Crippen molar-refractivity contribution in [2.45, 2.75) is 57.5 Å². The number of aromatic nitrogens is 3. The highest BCUT2D eigenvalue weighted by Crippen LogP contribution is 2.39. The molecule has 39 heavy (non-hydrogen) atoms. The van der Waals surface area contributed by atoms with Crippen LogP contribution in [0.2, 0.25) is 0 Å². The molecule has 3 unspecified atom stereocenters. The quantitative estimate of drug-likeness (QED) is 0.563. The van der Waals surface area contributed by atoms with Gasteiger partial charge in [0, 0.05) is 57.7 Å². The number of carbonyl (C=O) groups excluding carboxylic acids is 2. The molecule has 6 rings (SSSR count). The van der Waals surface area contributed by atoms with Crippen molar-refractivity contribution in [1.29, 1.82) is 0 Å². The number of carboxylic acid groups (broad SMARTS) is 1. The van der Waals surface area contributed by atoms with E-state index in [4.69, 9.17) is 9.84 Å². The number of amides is 1. The molecule has 0 bridgehead atoms. The van der Waals surface area contributed by atoms with E-state index in [0.717, 1.165) is 42.0 Å². The van der Waals surface area contributed by atoms with E-state index in [0.29, 0.717) is 56.6 Å². The number of nitrogens with zero attached hydrogens (tertiary/aromatic N) is 5. The highest BCUT2D eigenvalue weighted by molar-refractivity contribution is 6.02. The van der Waals surface area contributed by atoms with E-state index in [-0.39, 0.29) is 29.8 Å². The molecule has 0 radical (unpaired) electrons. The number of hydrogen-bond acceptors (Lipinski definition) is 7. The van der Waals surface area contributed by atoms with Crippen LogP contribution in [0.25, 0.3) is 0 Å². The molecule has 2 aromatic rings. The van der Waals surface area contributed by atoms with Crippen LogP contribution in [0.15, 0.2) is 24.4 Å². The Hall–Kier alpha value is -3.53. The molecule has 10 heteroatoms. The van der Waals surface area contributed by atoms with Crippen molar-refractivity contribution >= 4 is 23.6 Å². The summed E-state index contributed by atoms with van der Waals surface area (Å²) < 4.78 is 6.85. The number of allylic oxidation sites excluding steroid dienone is 2. The van der Waals surface area contributed by atoms with Crippen LogP contribution < -0.4 is 4.90 Å². The van der Waals surface area contributed by atoms with Crippen molar-refractivity contribution in [3.63, 3.8) is 0 Å². The maximum absolute atomic E-state index is 14.2. The molecule has 10 nitrogen and oxygen atoms in total. The second-order valence-electron chi connectivity index (χ2n) is 11.3. The average Bonchev–Trinajstić information content (AvgIpc) is 3.26. The number of anilines is 1. The second kappa shape index (κ2) is 10.2. The van der Waals surface area contributed by atoms with E-state index in [2.05, 4.69) is 9.88 Å². The predicted octanol–water partition coefficient (Wildman–Crippen LogP) is 2.58. The second-order valence-corrected chi connectivity index (χ2v) is 11.3. The lowest BCUT2D eigenvalue weighted by Gasteiger charge is -2.40. The van der Waals surface area contributed by atoms with Gasteiger partial charge >= 0.3 is 5.97 Å². The Bertz CT molecular complexity index is 1340. The minimum absolute atomic E-state index is 0.0839. The Labute approximate surface area is 227 Å². The number of ether oxygens (including phenoxy) is 1. The van der Waals surface area contributed by atoms with E-state index >= 15 is 0 Å². The van der Waals surface area contributed by atoms with Crippen LogP contribution in [0.4, 0.5) is 5.82 Å². The van der Waals surface area contributed by atoms with Gasteiger partial charge in [0.15, 0.2) is 0 Å². The van der Waals surface area contributed by atoms with E-state index in [9.17, 15) is 19.5 Å². The number of aliphatic carboxylic acids is 1. The lowest BCUT2D eigenvalue weighted by Crippen LogP contribution is -2.56. The molecule has 2 saturated heterocycles. The van der Waals surface area contributed by atoms with Crippen molar-refractivity contribution in [3.05, 3.63) is 52.5 Å². The van der Waals surface area contributed by atoms with Gasteiger partial charge < -0.3 is 19.6 Å². The minimum Gasteiger partial charge on any atom is -0.481 e. The van der Waals surface area contributed by atoms with Gasteiger partial charge in [-0.3, -0.25) is 14.4 Å². The molecular formula is C29H35N5O5. The summed E-state index contributed by atoms with van der Waals surface area (Å²) in [5, 5.41) is 14.6. The molecule has 1 amide bonds. The number of pyridine rings is 1. The predicted molar refractivity (Wildman–Crippen MR) is 143 cm³/mol. The average molecular weight is 534 g/mol. The van der Waals surface area contributed by atoms with Gasteiger partial charge in [-0.25, -0.2) is 9.67 Å². The Morgan fingerprint density at radius 1 is 1.15 bits per heavy atom. The first-order chi connectivity index (χ1) is 18.9. The van der Waals surface area contributed by atoms with Gasteiger partial charge in [0.05, 0.1) is 29.0 Å². The lowest BCUT2D eigenvalue weighted by atomic mass is 9.79. The van der Waals surface area contributed by atoms with Crippen molar-refractivity contribution in [2.24, 2.45) is 11.8 Å². The number of carbonyl (C=O) groups is 3. The molecule has 2 fully saturated rings. The van der Waals surface area contributed by atoms with Crippen molar-refractivity contribution in [3.8, 4) is 0 Å². The summed E-state index contributed by atoms with van der Waals surface area (Å²) in [6.07, 6.45) is 9.50. The van der Waals surface area contributed by atoms with Crippen LogP contribution in [0.3, 0.4) is 0 Å². The van der Waals surface area contributed by atoms with E-state index in [1.807, 2.05) is 30.0 Å². The first-order valence-electron chi connectivity index (χ1n) is 13.9. The van der Waals surface area contributed by atoms with Crippen molar-refractivity contribution < 1.29 is 24.2 Å². The maximum Gasteiger partial charge on any atom is 0.306 e. The number of aryl methyl sites for hydroxylation is 1. The van der Waals surface area contributed by atoms with Crippen LogP contribution in [-0.2, 0) is 27.2 Å². The van der Waals surface area contributed by atoms with Crippen LogP contribution in [0.5, 0.6) is 0 Å². The van der Waals surface area contributed by atoms with Gasteiger partial charge in [-0.05, 0) is 56.2 Å². The SMILES string of the molecule is COC1CN(C(=O)C2CCc3c(C4C=CCC(C(=O)O)C4)nn(C(=O)c4c(C)ccnc4N4CCC4)c3C2)C1. The third-order valence-electron chi connectivity index (χ3n) is 8.87. The van der Waals surface area contributed by atoms with Crippen LogP contribution in [-0.4, -0.2) is 81.9 Å². The molecule has 0 saturated carbocycles. The highest BCUT2D eigenvalue weighted by Gasteiger charge is 2.40. The third kappa shape index (κ3) is 4.54. The standard InChI is InChI=1S/C29H35N5O5/c1-17-9-10-30-26(32-11-4-12-32)24(17)28(36)34-23-14-19(27(35)33-15-21(16-33)39-2)7-8-22(23)25(31-34)18-5-3-6-20(13-18)29(37)38/h3,5,9-10,18-21H,4,6-8,11-16H2,1-2H3,(H,37,38). The summed E-state index contributed by atoms with van der Waals surface area (Å²) in [4.78, 5) is 47.9. The summed E-state index contributed by atoms with van der Waals surface area (Å²) in [6.45, 7) is 4.83. The van der Waals surface area contributed by atoms with Crippen LogP contribution in [0.1, 0.15) is 64.5 Å². The topological polar surface area (TPSA) is 118 Å². The third-order valence-corrected chi connectivity index (χ3v) is 8.87. The summed E-state index contributed by atoms with van der Waals surface area (Å²) in [7, 11) is 1.66. The molecule has 2 aliphatic heterocycles. The zero-order valence-electron chi connectivity index (χ0n) is 22.5. The molecule has 4 heterocycles. The molecule has 206 valence electrons. The van der Waals surface area contributed by atoms with Crippen molar-refractivity contribution in [1.82, 2.24) is 19.7 Å². The fourth-order valence-electron chi connectivity index (χ4n) is 6.32. The van der Waals surface area contributed by atoms with Crippen LogP contribution in [0, 0.1) is 18.8 Å². The fourth-order valence-corrected chi connectivity index (χ4v) is 6.32. The maximum atomic E-state index is 14.2. The monoisotopic (exact) mass is 533 g/mol. The van der Waals surface area contributed by atoms with Gasteiger partial charge in [0.1, 0.15) is 5.82 Å². The normalized spacial score (nSPS) is 24.6. The zero-order valence-corrected chi connectivity index (χ0v) is 22.5. The first-order valence-corrected chi connectivity index (χ1v) is 13.9. The molecule has 2 aliphatic carbocycles. The summed E-state index contributed by atoms with van der Waals surface area (Å²) >= 11 is 0. The van der Waals surface area contributed by atoms with Gasteiger partial charge in [0.25, 0.3) is 5.91 Å². The molecular weight excluding hydrogens is 498 g/mol. The number of likely N-dealkylation sites (tertiary alicyclic amines) is 1. The minimum atomic E-state index is -0.812. The number of methoxy groups -OCH3 is 1. The Balaban J connectivity index is 1.38. The molecule has 1 N–H and O–H groups in total. The number of fused-ring (bicyclic) bond motifs is 1. The number of carboxylic acids is 1. The molecule has 0 aromatic carbocycles. The number of hydrogen-bond donors (Lipinski definition) is 1. The zero-order chi connectivity index (χ0) is 27.3. The molecule has 3 atom stereocenters. The fraction of sp³-hybridized carbons (Fsp3) is 0.552. The Morgan fingerprint density at radius 3 is 2.64 bits per heavy atom.